The second-order valence-corrected chi connectivity index (χ2v) is 7.34. The van der Waals surface area contributed by atoms with E-state index in [4.69, 9.17) is 10.5 Å². The first-order valence-corrected chi connectivity index (χ1v) is 10.2. The molecular weight excluding hydrogens is 445 g/mol. The van der Waals surface area contributed by atoms with Gasteiger partial charge < -0.3 is 15.2 Å². The van der Waals surface area contributed by atoms with Gasteiger partial charge >= 0.3 is 6.36 Å². The second kappa shape index (κ2) is 8.43. The van der Waals surface area contributed by atoms with E-state index in [0.717, 1.165) is 0 Å². The Labute approximate surface area is 192 Å². The smallest absolute Gasteiger partial charge is 0.457 e. The minimum Gasteiger partial charge on any atom is -0.457 e. The zero-order valence-electron chi connectivity index (χ0n) is 17.5. The number of nitrogens with two attached hydrogens (primary N) is 1. The largest absolute Gasteiger partial charge is 0.573 e. The lowest BCUT2D eigenvalue weighted by atomic mass is 10.1. The molecule has 3 aromatic carbocycles. The van der Waals surface area contributed by atoms with E-state index in [9.17, 15) is 13.2 Å². The van der Waals surface area contributed by atoms with E-state index < -0.39 is 6.36 Å². The predicted molar refractivity (Wildman–Crippen MR) is 122 cm³/mol. The molecule has 0 spiro atoms. The third kappa shape index (κ3) is 4.36. The zero-order chi connectivity index (χ0) is 23.7. The number of aromatic nitrogens is 3. The molecule has 170 valence electrons. The molecule has 2 heterocycles. The number of pyridine rings is 1. The topological polar surface area (TPSA) is 75.2 Å². The molecule has 0 radical (unpaired) electrons. The first-order chi connectivity index (χ1) is 16.4. The summed E-state index contributed by atoms with van der Waals surface area (Å²) in [6.45, 7) is 0. The number of benzene rings is 3. The standard InChI is InChI=1S/C25H17F3N4O2/c26-25(27,28)34-20-8-4-5-16(15-20)22-23-21(13-14-30-22)24(29)31-32(23)17-9-11-19(12-10-17)33-18-6-2-1-3-7-18/h1-15H,(H2,29,31). The first kappa shape index (κ1) is 21.3. The van der Waals surface area contributed by atoms with E-state index in [1.54, 1.807) is 28.9 Å². The molecule has 0 aliphatic carbocycles. The maximum Gasteiger partial charge on any atom is 0.573 e. The number of hydrogen-bond acceptors (Lipinski definition) is 5. The van der Waals surface area contributed by atoms with Crippen LogP contribution in [0.3, 0.4) is 0 Å². The summed E-state index contributed by atoms with van der Waals surface area (Å²) in [5, 5.41) is 5.07. The highest BCUT2D eigenvalue weighted by Gasteiger charge is 2.31. The number of alkyl halides is 3. The van der Waals surface area contributed by atoms with Crippen molar-refractivity contribution in [2.75, 3.05) is 5.73 Å². The quantitative estimate of drug-likeness (QED) is 0.329. The lowest BCUT2D eigenvalue weighted by Crippen LogP contribution is -2.17. The molecule has 0 saturated carbocycles. The SMILES string of the molecule is Nc1nn(-c2ccc(Oc3ccccc3)cc2)c2c(-c3cccc(OC(F)(F)F)c3)nccc12. The van der Waals surface area contributed by atoms with Crippen LogP contribution in [0.2, 0.25) is 0 Å². The fraction of sp³-hybridized carbons (Fsp3) is 0.0400. The summed E-state index contributed by atoms with van der Waals surface area (Å²) < 4.78 is 49.6. The molecule has 0 fully saturated rings. The fourth-order valence-corrected chi connectivity index (χ4v) is 3.61. The Kier molecular flexibility index (Phi) is 5.29. The lowest BCUT2D eigenvalue weighted by Gasteiger charge is -2.11. The van der Waals surface area contributed by atoms with Crippen molar-refractivity contribution >= 4 is 16.7 Å². The van der Waals surface area contributed by atoms with Crippen molar-refractivity contribution in [2.45, 2.75) is 6.36 Å². The number of anilines is 1. The van der Waals surface area contributed by atoms with Crippen LogP contribution in [0.15, 0.2) is 91.1 Å². The molecule has 0 bridgehead atoms. The van der Waals surface area contributed by atoms with Crippen molar-refractivity contribution in [3.63, 3.8) is 0 Å². The zero-order valence-corrected chi connectivity index (χ0v) is 17.5. The summed E-state index contributed by atoms with van der Waals surface area (Å²) in [4.78, 5) is 4.41. The van der Waals surface area contributed by atoms with E-state index in [2.05, 4.69) is 14.8 Å². The number of para-hydroxylation sites is 1. The molecule has 2 N–H and O–H groups in total. The van der Waals surface area contributed by atoms with Crippen LogP contribution in [0.1, 0.15) is 0 Å². The van der Waals surface area contributed by atoms with Gasteiger partial charge in [0.15, 0.2) is 5.82 Å². The number of fused-ring (bicyclic) bond motifs is 1. The van der Waals surface area contributed by atoms with Crippen LogP contribution < -0.4 is 15.2 Å². The Morgan fingerprint density at radius 1 is 0.794 bits per heavy atom. The lowest BCUT2D eigenvalue weighted by molar-refractivity contribution is -0.274. The molecular formula is C25H17F3N4O2. The summed E-state index contributed by atoms with van der Waals surface area (Å²) in [6.07, 6.45) is -3.26. The van der Waals surface area contributed by atoms with Gasteiger partial charge in [0, 0.05) is 17.1 Å². The van der Waals surface area contributed by atoms with E-state index in [1.807, 2.05) is 42.5 Å². The van der Waals surface area contributed by atoms with Crippen LogP contribution in [0.5, 0.6) is 17.2 Å². The number of nitrogen functional groups attached to an aromatic ring is 1. The number of rotatable bonds is 5. The maximum absolute atomic E-state index is 12.7. The Morgan fingerprint density at radius 2 is 1.50 bits per heavy atom. The van der Waals surface area contributed by atoms with Gasteiger partial charge in [-0.3, -0.25) is 4.98 Å². The highest BCUT2D eigenvalue weighted by atomic mass is 19.4. The highest BCUT2D eigenvalue weighted by molar-refractivity contribution is 5.98. The average Bonchev–Trinajstić information content (AvgIpc) is 3.16. The summed E-state index contributed by atoms with van der Waals surface area (Å²) in [5.74, 6) is 1.27. The molecule has 0 amide bonds. The minimum absolute atomic E-state index is 0.269. The van der Waals surface area contributed by atoms with Crippen molar-refractivity contribution in [3.05, 3.63) is 91.1 Å². The third-order valence-electron chi connectivity index (χ3n) is 5.02. The van der Waals surface area contributed by atoms with Crippen molar-refractivity contribution in [3.8, 4) is 34.2 Å². The van der Waals surface area contributed by atoms with Crippen LogP contribution in [0.25, 0.3) is 27.8 Å². The number of hydrogen-bond donors (Lipinski definition) is 1. The van der Waals surface area contributed by atoms with Crippen LogP contribution in [-0.2, 0) is 0 Å². The fourth-order valence-electron chi connectivity index (χ4n) is 3.61. The van der Waals surface area contributed by atoms with Gasteiger partial charge in [0.25, 0.3) is 0 Å². The number of nitrogens with zero attached hydrogens (tertiary/aromatic N) is 3. The highest BCUT2D eigenvalue weighted by Crippen LogP contribution is 2.34. The van der Waals surface area contributed by atoms with Gasteiger partial charge in [-0.1, -0.05) is 30.3 Å². The van der Waals surface area contributed by atoms with E-state index in [-0.39, 0.29) is 11.6 Å². The molecule has 5 aromatic rings. The summed E-state index contributed by atoms with van der Waals surface area (Å²) >= 11 is 0. The Bertz CT molecular complexity index is 1450. The van der Waals surface area contributed by atoms with Crippen LogP contribution >= 0.6 is 0 Å². The maximum atomic E-state index is 12.7. The molecule has 0 unspecified atom stereocenters. The van der Waals surface area contributed by atoms with Crippen molar-refractivity contribution < 1.29 is 22.6 Å². The Hall–Kier alpha value is -4.53. The van der Waals surface area contributed by atoms with Gasteiger partial charge in [0.1, 0.15) is 22.8 Å². The molecule has 5 rings (SSSR count). The summed E-state index contributed by atoms with van der Waals surface area (Å²) in [7, 11) is 0. The van der Waals surface area contributed by atoms with Gasteiger partial charge in [-0.2, -0.15) is 0 Å². The van der Waals surface area contributed by atoms with Gasteiger partial charge in [-0.15, -0.1) is 18.3 Å². The van der Waals surface area contributed by atoms with Crippen LogP contribution in [0, 0.1) is 0 Å². The molecule has 0 aliphatic rings. The first-order valence-electron chi connectivity index (χ1n) is 10.2. The van der Waals surface area contributed by atoms with Crippen molar-refractivity contribution in [1.29, 1.82) is 0 Å². The van der Waals surface area contributed by atoms with Gasteiger partial charge in [-0.05, 0) is 54.6 Å². The van der Waals surface area contributed by atoms with Crippen molar-refractivity contribution in [2.24, 2.45) is 0 Å². The summed E-state index contributed by atoms with van der Waals surface area (Å²) in [6, 6.07) is 23.9. The Balaban J connectivity index is 1.56. The number of halogens is 3. The van der Waals surface area contributed by atoms with E-state index in [0.29, 0.717) is 39.3 Å². The monoisotopic (exact) mass is 462 g/mol. The minimum atomic E-state index is -4.80. The number of ether oxygens (including phenoxy) is 2. The molecule has 6 nitrogen and oxygen atoms in total. The summed E-state index contributed by atoms with van der Waals surface area (Å²) in [5.41, 5.74) is 8.23. The predicted octanol–water partition coefficient (Wildman–Crippen LogP) is 6.36. The normalized spacial score (nSPS) is 11.5. The van der Waals surface area contributed by atoms with E-state index in [1.165, 1.54) is 24.4 Å². The molecule has 0 saturated heterocycles. The average molecular weight is 462 g/mol. The molecule has 2 aromatic heterocycles. The second-order valence-electron chi connectivity index (χ2n) is 7.34. The molecule has 9 heteroatoms. The van der Waals surface area contributed by atoms with Crippen molar-refractivity contribution in [1.82, 2.24) is 14.8 Å². The van der Waals surface area contributed by atoms with Gasteiger partial charge in [-0.25, -0.2) is 4.68 Å². The Morgan fingerprint density at radius 3 is 2.24 bits per heavy atom. The molecule has 0 aliphatic heterocycles. The molecule has 34 heavy (non-hydrogen) atoms. The van der Waals surface area contributed by atoms with Gasteiger partial charge in [0.05, 0.1) is 11.4 Å². The van der Waals surface area contributed by atoms with E-state index >= 15 is 0 Å². The van der Waals surface area contributed by atoms with Gasteiger partial charge in [0.2, 0.25) is 0 Å². The third-order valence-corrected chi connectivity index (χ3v) is 5.02. The van der Waals surface area contributed by atoms with Crippen LogP contribution in [0.4, 0.5) is 19.0 Å². The van der Waals surface area contributed by atoms with Crippen LogP contribution in [-0.4, -0.2) is 21.1 Å². The molecule has 0 atom stereocenters.